The third-order valence-electron chi connectivity index (χ3n) is 2.89. The van der Waals surface area contributed by atoms with Gasteiger partial charge in [-0.15, -0.1) is 0 Å². The van der Waals surface area contributed by atoms with Gasteiger partial charge in [0.15, 0.2) is 5.65 Å². The highest BCUT2D eigenvalue weighted by atomic mass is 35.5. The molecule has 0 aliphatic carbocycles. The lowest BCUT2D eigenvalue weighted by molar-refractivity contribution is 0.416. The van der Waals surface area contributed by atoms with Crippen LogP contribution in [0.25, 0.3) is 16.9 Å². The monoisotopic (exact) mass is 273 g/mol. The van der Waals surface area contributed by atoms with Gasteiger partial charge in [-0.05, 0) is 19.1 Å². The Morgan fingerprint density at radius 3 is 2.79 bits per heavy atom. The Morgan fingerprint density at radius 2 is 2.00 bits per heavy atom. The lowest BCUT2D eigenvalue weighted by atomic mass is 10.1. The van der Waals surface area contributed by atoms with Gasteiger partial charge in [0.05, 0.1) is 18.5 Å². The van der Waals surface area contributed by atoms with Crippen molar-refractivity contribution in [3.05, 3.63) is 47.2 Å². The molecular formula is C14H12ClN3O. The van der Waals surface area contributed by atoms with E-state index in [1.165, 1.54) is 0 Å². The first-order valence-corrected chi connectivity index (χ1v) is 6.23. The van der Waals surface area contributed by atoms with Crippen molar-refractivity contribution in [3.63, 3.8) is 0 Å². The molecule has 0 fully saturated rings. The number of aryl methyl sites for hydroxylation is 1. The lowest BCUT2D eigenvalue weighted by Crippen LogP contribution is -1.96. The summed E-state index contributed by atoms with van der Waals surface area (Å²) >= 11 is 6.24. The van der Waals surface area contributed by atoms with Crippen molar-refractivity contribution in [1.82, 2.24) is 14.6 Å². The highest BCUT2D eigenvalue weighted by Gasteiger charge is 2.11. The second-order valence-corrected chi connectivity index (χ2v) is 4.61. The number of nitrogens with zero attached hydrogens (tertiary/aromatic N) is 3. The van der Waals surface area contributed by atoms with Gasteiger partial charge in [-0.3, -0.25) is 0 Å². The van der Waals surface area contributed by atoms with Gasteiger partial charge >= 0.3 is 0 Å². The zero-order valence-electron chi connectivity index (χ0n) is 10.6. The molecule has 96 valence electrons. The molecule has 19 heavy (non-hydrogen) atoms. The van der Waals surface area contributed by atoms with E-state index in [-0.39, 0.29) is 0 Å². The minimum atomic E-state index is 0.527. The molecule has 4 nitrogen and oxygen atoms in total. The second-order valence-electron chi connectivity index (χ2n) is 4.22. The van der Waals surface area contributed by atoms with Crippen molar-refractivity contribution in [3.8, 4) is 17.0 Å². The average Bonchev–Trinajstić information content (AvgIpc) is 2.79. The minimum absolute atomic E-state index is 0.527. The van der Waals surface area contributed by atoms with E-state index in [2.05, 4.69) is 10.1 Å². The van der Waals surface area contributed by atoms with Gasteiger partial charge in [-0.2, -0.15) is 5.10 Å². The van der Waals surface area contributed by atoms with E-state index in [9.17, 15) is 0 Å². The van der Waals surface area contributed by atoms with Crippen LogP contribution in [0.2, 0.25) is 5.15 Å². The summed E-state index contributed by atoms with van der Waals surface area (Å²) in [5.74, 6) is 0.770. The summed E-state index contributed by atoms with van der Waals surface area (Å²) in [6, 6.07) is 11.4. The number of benzene rings is 1. The molecule has 0 saturated heterocycles. The molecule has 0 aliphatic rings. The summed E-state index contributed by atoms with van der Waals surface area (Å²) in [4.78, 5) is 4.57. The molecule has 2 heterocycles. The first-order valence-electron chi connectivity index (χ1n) is 5.85. The number of rotatable bonds is 2. The normalized spacial score (nSPS) is 10.9. The summed E-state index contributed by atoms with van der Waals surface area (Å²) in [7, 11) is 1.64. The largest absolute Gasteiger partial charge is 0.496 e. The Kier molecular flexibility index (Phi) is 2.87. The lowest BCUT2D eigenvalue weighted by Gasteiger charge is -2.08. The van der Waals surface area contributed by atoms with Gasteiger partial charge in [-0.25, -0.2) is 9.50 Å². The van der Waals surface area contributed by atoms with Gasteiger partial charge in [0, 0.05) is 17.7 Å². The SMILES string of the molecule is COc1ccccc1-c1cc(Cl)n2nc(C)cc2n1. The highest BCUT2D eigenvalue weighted by Crippen LogP contribution is 2.30. The summed E-state index contributed by atoms with van der Waals surface area (Å²) in [5, 5.41) is 4.81. The molecule has 1 aromatic carbocycles. The first kappa shape index (κ1) is 12.0. The summed E-state index contributed by atoms with van der Waals surface area (Å²) in [6.45, 7) is 1.91. The number of fused-ring (bicyclic) bond motifs is 1. The fourth-order valence-electron chi connectivity index (χ4n) is 2.05. The van der Waals surface area contributed by atoms with E-state index in [1.54, 1.807) is 17.7 Å². The van der Waals surface area contributed by atoms with Crippen molar-refractivity contribution in [2.24, 2.45) is 0 Å². The number of methoxy groups -OCH3 is 1. The average molecular weight is 274 g/mol. The smallest absolute Gasteiger partial charge is 0.157 e. The topological polar surface area (TPSA) is 39.4 Å². The molecule has 0 N–H and O–H groups in total. The quantitative estimate of drug-likeness (QED) is 0.672. The van der Waals surface area contributed by atoms with E-state index in [1.807, 2.05) is 37.3 Å². The van der Waals surface area contributed by atoms with Crippen LogP contribution in [-0.4, -0.2) is 21.7 Å². The number of halogens is 1. The number of para-hydroxylation sites is 1. The van der Waals surface area contributed by atoms with Gasteiger partial charge < -0.3 is 4.74 Å². The van der Waals surface area contributed by atoms with E-state index >= 15 is 0 Å². The Balaban J connectivity index is 2.25. The molecule has 0 bridgehead atoms. The summed E-state index contributed by atoms with van der Waals surface area (Å²) in [5.41, 5.74) is 3.29. The number of hydrogen-bond donors (Lipinski definition) is 0. The van der Waals surface area contributed by atoms with Crippen LogP contribution < -0.4 is 4.74 Å². The van der Waals surface area contributed by atoms with Crippen molar-refractivity contribution < 1.29 is 4.74 Å². The van der Waals surface area contributed by atoms with Crippen LogP contribution in [0.5, 0.6) is 5.75 Å². The third-order valence-corrected chi connectivity index (χ3v) is 3.16. The van der Waals surface area contributed by atoms with Crippen LogP contribution in [0, 0.1) is 6.92 Å². The first-order chi connectivity index (χ1) is 9.19. The molecule has 0 saturated carbocycles. The highest BCUT2D eigenvalue weighted by molar-refractivity contribution is 6.30. The third kappa shape index (κ3) is 2.04. The molecule has 0 amide bonds. The molecule has 0 radical (unpaired) electrons. The van der Waals surface area contributed by atoms with Crippen LogP contribution in [0.4, 0.5) is 0 Å². The van der Waals surface area contributed by atoms with Gasteiger partial charge in [0.1, 0.15) is 10.9 Å². The second kappa shape index (κ2) is 4.55. The number of hydrogen-bond acceptors (Lipinski definition) is 3. The van der Waals surface area contributed by atoms with Crippen LogP contribution in [-0.2, 0) is 0 Å². The predicted molar refractivity (Wildman–Crippen MR) is 74.7 cm³/mol. The molecule has 0 aliphatic heterocycles. The molecule has 0 atom stereocenters. The number of aromatic nitrogens is 3. The molecule has 5 heteroatoms. The Hall–Kier alpha value is -2.07. The van der Waals surface area contributed by atoms with E-state index < -0.39 is 0 Å². The summed E-state index contributed by atoms with van der Waals surface area (Å²) < 4.78 is 6.97. The van der Waals surface area contributed by atoms with Crippen molar-refractivity contribution >= 4 is 17.2 Å². The Labute approximate surface area is 115 Å². The standard InChI is InChI=1S/C14H12ClN3O/c1-9-7-14-16-11(8-13(15)18(14)17-9)10-5-3-4-6-12(10)19-2/h3-8H,1-2H3. The van der Waals surface area contributed by atoms with Gasteiger partial charge in [0.25, 0.3) is 0 Å². The fourth-order valence-corrected chi connectivity index (χ4v) is 2.27. The minimum Gasteiger partial charge on any atom is -0.496 e. The molecule has 0 spiro atoms. The van der Waals surface area contributed by atoms with Gasteiger partial charge in [-0.1, -0.05) is 23.7 Å². The maximum atomic E-state index is 6.24. The van der Waals surface area contributed by atoms with Crippen molar-refractivity contribution in [1.29, 1.82) is 0 Å². The molecule has 0 unspecified atom stereocenters. The zero-order chi connectivity index (χ0) is 13.4. The van der Waals surface area contributed by atoms with E-state index in [4.69, 9.17) is 16.3 Å². The molecular weight excluding hydrogens is 262 g/mol. The fraction of sp³-hybridized carbons (Fsp3) is 0.143. The van der Waals surface area contributed by atoms with Crippen LogP contribution in [0.1, 0.15) is 5.69 Å². The maximum Gasteiger partial charge on any atom is 0.157 e. The van der Waals surface area contributed by atoms with E-state index in [0.29, 0.717) is 5.15 Å². The van der Waals surface area contributed by atoms with Crippen molar-refractivity contribution in [2.75, 3.05) is 7.11 Å². The Morgan fingerprint density at radius 1 is 1.21 bits per heavy atom. The molecule has 2 aromatic heterocycles. The predicted octanol–water partition coefficient (Wildman–Crippen LogP) is 3.37. The zero-order valence-corrected chi connectivity index (χ0v) is 11.3. The number of ether oxygens (including phenoxy) is 1. The van der Waals surface area contributed by atoms with Crippen LogP contribution in [0.15, 0.2) is 36.4 Å². The van der Waals surface area contributed by atoms with Crippen LogP contribution in [0.3, 0.4) is 0 Å². The van der Waals surface area contributed by atoms with Crippen molar-refractivity contribution in [2.45, 2.75) is 6.92 Å². The maximum absolute atomic E-state index is 6.24. The van der Waals surface area contributed by atoms with Crippen LogP contribution >= 0.6 is 11.6 Å². The molecule has 3 rings (SSSR count). The Bertz CT molecular complexity index is 752. The summed E-state index contributed by atoms with van der Waals surface area (Å²) in [6.07, 6.45) is 0. The van der Waals surface area contributed by atoms with Gasteiger partial charge in [0.2, 0.25) is 0 Å². The van der Waals surface area contributed by atoms with E-state index in [0.717, 1.165) is 28.3 Å². The molecule has 3 aromatic rings.